The van der Waals surface area contributed by atoms with E-state index >= 15 is 0 Å². The average Bonchev–Trinajstić information content (AvgIpc) is 2.86. The molecule has 0 aliphatic heterocycles. The van der Waals surface area contributed by atoms with E-state index in [4.69, 9.17) is 9.84 Å². The molecule has 2 N–H and O–H groups in total. The van der Waals surface area contributed by atoms with E-state index < -0.39 is 5.97 Å². The van der Waals surface area contributed by atoms with Crippen LogP contribution in [0.1, 0.15) is 10.4 Å². The smallest absolute Gasteiger partial charge is 0.339 e. The minimum Gasteiger partial charge on any atom is -0.478 e. The lowest BCUT2D eigenvalue weighted by Gasteiger charge is -2.08. The topological polar surface area (TPSA) is 62.3 Å². The Morgan fingerprint density at radius 3 is 2.79 bits per heavy atom. The molecule has 0 radical (unpaired) electrons. The Balaban J connectivity index is 1.98. The SMILES string of the molecule is O=C(O)c1ccccc1Oc1ccc2[nH]ccc2c1. The highest BCUT2D eigenvalue weighted by Gasteiger charge is 2.11. The van der Waals surface area contributed by atoms with Crippen molar-refractivity contribution in [2.75, 3.05) is 0 Å². The van der Waals surface area contributed by atoms with Crippen LogP contribution in [0, 0.1) is 0 Å². The molecule has 1 heterocycles. The Hall–Kier alpha value is -2.75. The highest BCUT2D eigenvalue weighted by Crippen LogP contribution is 2.27. The molecule has 0 spiro atoms. The van der Waals surface area contributed by atoms with Crippen molar-refractivity contribution in [2.24, 2.45) is 0 Å². The fourth-order valence-electron chi connectivity index (χ4n) is 1.95. The van der Waals surface area contributed by atoms with Crippen molar-refractivity contribution in [1.82, 2.24) is 4.98 Å². The van der Waals surface area contributed by atoms with E-state index in [-0.39, 0.29) is 5.56 Å². The third kappa shape index (κ3) is 2.15. The van der Waals surface area contributed by atoms with E-state index in [0.29, 0.717) is 11.5 Å². The number of benzene rings is 2. The van der Waals surface area contributed by atoms with Gasteiger partial charge in [-0.25, -0.2) is 4.79 Å². The van der Waals surface area contributed by atoms with Crippen LogP contribution < -0.4 is 4.74 Å². The van der Waals surface area contributed by atoms with Crippen LogP contribution in [-0.2, 0) is 0 Å². The van der Waals surface area contributed by atoms with Crippen molar-refractivity contribution in [2.45, 2.75) is 0 Å². The Morgan fingerprint density at radius 1 is 1.11 bits per heavy atom. The number of aromatic carboxylic acids is 1. The summed E-state index contributed by atoms with van der Waals surface area (Å²) in [5, 5.41) is 10.1. The second-order valence-electron chi connectivity index (χ2n) is 4.13. The Kier molecular flexibility index (Phi) is 2.68. The van der Waals surface area contributed by atoms with Crippen molar-refractivity contribution in [3.63, 3.8) is 0 Å². The molecule has 0 unspecified atom stereocenters. The van der Waals surface area contributed by atoms with Crippen LogP contribution in [0.25, 0.3) is 10.9 Å². The van der Waals surface area contributed by atoms with Gasteiger partial charge in [0.15, 0.2) is 0 Å². The first-order valence-electron chi connectivity index (χ1n) is 5.81. The lowest BCUT2D eigenvalue weighted by atomic mass is 10.2. The summed E-state index contributed by atoms with van der Waals surface area (Å²) in [5.74, 6) is -0.0518. The predicted octanol–water partition coefficient (Wildman–Crippen LogP) is 3.66. The van der Waals surface area contributed by atoms with Crippen molar-refractivity contribution >= 4 is 16.9 Å². The van der Waals surface area contributed by atoms with Gasteiger partial charge in [0.2, 0.25) is 0 Å². The monoisotopic (exact) mass is 253 g/mol. The molecular weight excluding hydrogens is 242 g/mol. The van der Waals surface area contributed by atoms with Gasteiger partial charge >= 0.3 is 5.97 Å². The van der Waals surface area contributed by atoms with Gasteiger partial charge in [-0.1, -0.05) is 12.1 Å². The molecule has 0 bridgehead atoms. The summed E-state index contributed by atoms with van der Waals surface area (Å²) >= 11 is 0. The number of aromatic amines is 1. The maximum atomic E-state index is 11.1. The fourth-order valence-corrected chi connectivity index (χ4v) is 1.95. The molecule has 2 aromatic carbocycles. The molecule has 0 fully saturated rings. The Labute approximate surface area is 109 Å². The van der Waals surface area contributed by atoms with E-state index in [1.165, 1.54) is 6.07 Å². The number of carboxylic acid groups (broad SMARTS) is 1. The standard InChI is InChI=1S/C15H11NO3/c17-15(18)12-3-1-2-4-14(12)19-11-5-6-13-10(9-11)7-8-16-13/h1-9,16H,(H,17,18). The summed E-state index contributed by atoms with van der Waals surface area (Å²) < 4.78 is 5.65. The van der Waals surface area contributed by atoms with Gasteiger partial charge in [0.1, 0.15) is 17.1 Å². The number of carboxylic acids is 1. The largest absolute Gasteiger partial charge is 0.478 e. The van der Waals surface area contributed by atoms with E-state index in [2.05, 4.69) is 4.98 Å². The molecule has 3 rings (SSSR count). The minimum atomic E-state index is -1.00. The number of nitrogens with one attached hydrogen (secondary N) is 1. The van der Waals surface area contributed by atoms with Crippen molar-refractivity contribution in [3.8, 4) is 11.5 Å². The van der Waals surface area contributed by atoms with E-state index in [0.717, 1.165) is 10.9 Å². The molecule has 0 aliphatic rings. The molecule has 4 heteroatoms. The second-order valence-corrected chi connectivity index (χ2v) is 4.13. The first-order valence-corrected chi connectivity index (χ1v) is 5.81. The van der Waals surface area contributed by atoms with E-state index in [9.17, 15) is 4.79 Å². The minimum absolute atomic E-state index is 0.150. The maximum Gasteiger partial charge on any atom is 0.339 e. The zero-order valence-electron chi connectivity index (χ0n) is 9.96. The van der Waals surface area contributed by atoms with Crippen LogP contribution in [0.4, 0.5) is 0 Å². The number of aromatic nitrogens is 1. The van der Waals surface area contributed by atoms with Crippen molar-refractivity contribution in [3.05, 3.63) is 60.3 Å². The second kappa shape index (κ2) is 4.49. The quantitative estimate of drug-likeness (QED) is 0.748. The molecule has 0 aliphatic carbocycles. The lowest BCUT2D eigenvalue weighted by Crippen LogP contribution is -1.99. The summed E-state index contributed by atoms with van der Waals surface area (Å²) in [6, 6.07) is 14.1. The van der Waals surface area contributed by atoms with Gasteiger partial charge < -0.3 is 14.8 Å². The summed E-state index contributed by atoms with van der Waals surface area (Å²) in [6.07, 6.45) is 1.85. The number of ether oxygens (including phenoxy) is 1. The highest BCUT2D eigenvalue weighted by molar-refractivity contribution is 5.91. The molecule has 0 amide bonds. The van der Waals surface area contributed by atoms with Gasteiger partial charge in [-0.15, -0.1) is 0 Å². The first kappa shape index (κ1) is 11.3. The third-order valence-electron chi connectivity index (χ3n) is 2.87. The highest BCUT2D eigenvalue weighted by atomic mass is 16.5. The normalized spacial score (nSPS) is 10.5. The number of para-hydroxylation sites is 1. The molecule has 94 valence electrons. The Bertz CT molecular complexity index is 746. The van der Waals surface area contributed by atoms with Crippen LogP contribution in [0.2, 0.25) is 0 Å². The number of rotatable bonds is 3. The van der Waals surface area contributed by atoms with Gasteiger partial charge in [0.05, 0.1) is 0 Å². The molecule has 4 nitrogen and oxygen atoms in total. The molecule has 1 aromatic heterocycles. The average molecular weight is 253 g/mol. The molecular formula is C15H11NO3. The van der Waals surface area contributed by atoms with E-state index in [1.54, 1.807) is 24.3 Å². The van der Waals surface area contributed by atoms with Gasteiger partial charge in [0, 0.05) is 17.1 Å². The fraction of sp³-hybridized carbons (Fsp3) is 0. The zero-order valence-corrected chi connectivity index (χ0v) is 9.96. The number of carbonyl (C=O) groups is 1. The number of hydrogen-bond acceptors (Lipinski definition) is 2. The summed E-state index contributed by atoms with van der Waals surface area (Å²) in [7, 11) is 0. The van der Waals surface area contributed by atoms with Crippen LogP contribution in [-0.4, -0.2) is 16.1 Å². The van der Waals surface area contributed by atoms with Gasteiger partial charge in [-0.05, 0) is 36.4 Å². The van der Waals surface area contributed by atoms with Crippen LogP contribution in [0.3, 0.4) is 0 Å². The van der Waals surface area contributed by atoms with E-state index in [1.807, 2.05) is 24.4 Å². The number of H-pyrrole nitrogens is 1. The van der Waals surface area contributed by atoms with Crippen molar-refractivity contribution in [1.29, 1.82) is 0 Å². The molecule has 0 saturated heterocycles. The van der Waals surface area contributed by atoms with Crippen LogP contribution in [0.5, 0.6) is 11.5 Å². The van der Waals surface area contributed by atoms with Crippen molar-refractivity contribution < 1.29 is 14.6 Å². The third-order valence-corrected chi connectivity index (χ3v) is 2.87. The van der Waals surface area contributed by atoms with Crippen LogP contribution >= 0.6 is 0 Å². The number of hydrogen-bond donors (Lipinski definition) is 2. The van der Waals surface area contributed by atoms with Gasteiger partial charge in [0.25, 0.3) is 0 Å². The predicted molar refractivity (Wildman–Crippen MR) is 71.8 cm³/mol. The number of fused-ring (bicyclic) bond motifs is 1. The summed E-state index contributed by atoms with van der Waals surface area (Å²) in [5.41, 5.74) is 1.16. The zero-order chi connectivity index (χ0) is 13.2. The maximum absolute atomic E-state index is 11.1. The molecule has 0 saturated carbocycles. The summed E-state index contributed by atoms with van der Waals surface area (Å²) in [4.78, 5) is 14.2. The Morgan fingerprint density at radius 2 is 1.95 bits per heavy atom. The molecule has 0 atom stereocenters. The first-order chi connectivity index (χ1) is 9.24. The van der Waals surface area contributed by atoms with Gasteiger partial charge in [-0.2, -0.15) is 0 Å². The van der Waals surface area contributed by atoms with Crippen LogP contribution in [0.15, 0.2) is 54.7 Å². The van der Waals surface area contributed by atoms with Gasteiger partial charge in [-0.3, -0.25) is 0 Å². The molecule has 3 aromatic rings. The lowest BCUT2D eigenvalue weighted by molar-refractivity contribution is 0.0694. The summed E-state index contributed by atoms with van der Waals surface area (Å²) in [6.45, 7) is 0. The molecule has 19 heavy (non-hydrogen) atoms.